The van der Waals surface area contributed by atoms with Crippen molar-refractivity contribution < 1.29 is 4.79 Å². The van der Waals surface area contributed by atoms with Gasteiger partial charge in [-0.1, -0.05) is 36.4 Å². The van der Waals surface area contributed by atoms with Gasteiger partial charge in [-0.05, 0) is 88.3 Å². The zero-order valence-electron chi connectivity index (χ0n) is 22.2. The lowest BCUT2D eigenvalue weighted by atomic mass is 9.92. The number of nitrogens with zero attached hydrogens (tertiary/aromatic N) is 2. The Kier molecular flexibility index (Phi) is 8.57. The summed E-state index contributed by atoms with van der Waals surface area (Å²) < 4.78 is 0. The minimum Gasteiger partial charge on any atom is -0.384 e. The highest BCUT2D eigenvalue weighted by atomic mass is 16.1. The van der Waals surface area contributed by atoms with Gasteiger partial charge in [0.15, 0.2) is 0 Å². The molecule has 0 fully saturated rings. The fraction of sp³-hybridized carbons (Fsp3) is 0.484. The molecular formula is C31H41N5O. The Morgan fingerprint density at radius 3 is 2.73 bits per heavy atom. The van der Waals surface area contributed by atoms with E-state index in [0.29, 0.717) is 12.3 Å². The number of rotatable bonds is 12. The lowest BCUT2D eigenvalue weighted by Gasteiger charge is -2.22. The smallest absolute Gasteiger partial charge is 0.220 e. The summed E-state index contributed by atoms with van der Waals surface area (Å²) in [4.78, 5) is 19.7. The van der Waals surface area contributed by atoms with Crippen LogP contribution in [0.4, 0.5) is 11.4 Å². The molecule has 1 aliphatic heterocycles. The highest BCUT2D eigenvalue weighted by Gasteiger charge is 2.22. The molecule has 0 spiro atoms. The van der Waals surface area contributed by atoms with Crippen molar-refractivity contribution in [3.8, 4) is 0 Å². The van der Waals surface area contributed by atoms with Gasteiger partial charge in [0.25, 0.3) is 0 Å². The third-order valence-corrected chi connectivity index (χ3v) is 7.89. The molecule has 1 aromatic heterocycles. The quantitative estimate of drug-likeness (QED) is 0.293. The second kappa shape index (κ2) is 12.4. The van der Waals surface area contributed by atoms with Crippen LogP contribution in [0.2, 0.25) is 0 Å². The minimum absolute atomic E-state index is 0.171. The number of fused-ring (bicyclic) bond motifs is 3. The van der Waals surface area contributed by atoms with Crippen LogP contribution in [0.1, 0.15) is 61.3 Å². The van der Waals surface area contributed by atoms with Gasteiger partial charge in [-0.15, -0.1) is 0 Å². The standard InChI is InChI=1S/C31H41N5O/c1-36(20-8-18-32-30(37)17-16-23-22-34-27-13-5-2-10-24(23)27)21-9-19-33-31-25-11-3-6-14-28(25)35-29-15-7-4-12-26(29)31/h2-3,5-6,10-11,13-14,23,34H,4,7-9,12,15-22H2,1H3,(H,32,37)(H,33,35). The van der Waals surface area contributed by atoms with Crippen LogP contribution in [0.25, 0.3) is 10.9 Å². The van der Waals surface area contributed by atoms with Crippen molar-refractivity contribution >= 4 is 28.2 Å². The van der Waals surface area contributed by atoms with E-state index in [1.165, 1.54) is 46.4 Å². The zero-order valence-corrected chi connectivity index (χ0v) is 22.2. The molecule has 0 saturated carbocycles. The Bertz CT molecular complexity index is 1210. The number of aromatic nitrogens is 1. The number of amides is 1. The number of nitrogens with one attached hydrogen (secondary N) is 3. The number of hydrogen-bond donors (Lipinski definition) is 3. The van der Waals surface area contributed by atoms with Crippen LogP contribution in [0, 0.1) is 0 Å². The van der Waals surface area contributed by atoms with E-state index >= 15 is 0 Å². The molecule has 2 aromatic carbocycles. The maximum Gasteiger partial charge on any atom is 0.220 e. The minimum atomic E-state index is 0.171. The van der Waals surface area contributed by atoms with E-state index in [1.54, 1.807) is 0 Å². The number of para-hydroxylation sites is 2. The number of pyridine rings is 1. The lowest BCUT2D eigenvalue weighted by Crippen LogP contribution is -2.29. The van der Waals surface area contributed by atoms with Crippen LogP contribution in [0.5, 0.6) is 0 Å². The molecule has 0 bridgehead atoms. The number of benzene rings is 2. The number of anilines is 2. The van der Waals surface area contributed by atoms with Gasteiger partial charge < -0.3 is 20.9 Å². The molecule has 1 amide bonds. The maximum absolute atomic E-state index is 12.3. The van der Waals surface area contributed by atoms with Crippen molar-refractivity contribution in [1.82, 2.24) is 15.2 Å². The topological polar surface area (TPSA) is 69.3 Å². The van der Waals surface area contributed by atoms with Crippen molar-refractivity contribution in [1.29, 1.82) is 0 Å². The van der Waals surface area contributed by atoms with Crippen molar-refractivity contribution in [2.45, 2.75) is 57.3 Å². The van der Waals surface area contributed by atoms with Crippen LogP contribution in [0.3, 0.4) is 0 Å². The number of carbonyl (C=O) groups excluding carboxylic acids is 1. The zero-order chi connectivity index (χ0) is 25.5. The summed E-state index contributed by atoms with van der Waals surface area (Å²) in [6.45, 7) is 4.68. The highest BCUT2D eigenvalue weighted by molar-refractivity contribution is 5.93. The molecule has 6 nitrogen and oxygen atoms in total. The van der Waals surface area contributed by atoms with Crippen LogP contribution >= 0.6 is 0 Å². The van der Waals surface area contributed by atoms with Crippen LogP contribution < -0.4 is 16.0 Å². The largest absolute Gasteiger partial charge is 0.384 e. The first-order valence-electron chi connectivity index (χ1n) is 14.1. The first kappa shape index (κ1) is 25.5. The number of aryl methyl sites for hydroxylation is 1. The van der Waals surface area contributed by atoms with Gasteiger partial charge in [0.2, 0.25) is 5.91 Å². The maximum atomic E-state index is 12.3. The predicted octanol–water partition coefficient (Wildman–Crippen LogP) is 5.34. The Morgan fingerprint density at radius 2 is 1.81 bits per heavy atom. The van der Waals surface area contributed by atoms with Crippen LogP contribution in [-0.2, 0) is 17.6 Å². The summed E-state index contributed by atoms with van der Waals surface area (Å²) in [5.74, 6) is 0.612. The van der Waals surface area contributed by atoms with Gasteiger partial charge in [0.1, 0.15) is 0 Å². The molecule has 6 heteroatoms. The molecule has 1 atom stereocenters. The van der Waals surface area contributed by atoms with Crippen molar-refractivity contribution in [3.63, 3.8) is 0 Å². The van der Waals surface area contributed by atoms with E-state index in [-0.39, 0.29) is 5.91 Å². The molecule has 0 radical (unpaired) electrons. The average molecular weight is 500 g/mol. The van der Waals surface area contributed by atoms with E-state index in [4.69, 9.17) is 4.98 Å². The summed E-state index contributed by atoms with van der Waals surface area (Å²) in [5.41, 5.74) is 7.71. The number of carbonyl (C=O) groups is 1. The third-order valence-electron chi connectivity index (χ3n) is 7.89. The summed E-state index contributed by atoms with van der Waals surface area (Å²) in [6, 6.07) is 17.0. The first-order chi connectivity index (χ1) is 18.2. The van der Waals surface area contributed by atoms with Gasteiger partial charge in [-0.3, -0.25) is 9.78 Å². The van der Waals surface area contributed by atoms with E-state index < -0.39 is 0 Å². The molecule has 196 valence electrons. The fourth-order valence-corrected chi connectivity index (χ4v) is 5.83. The van der Waals surface area contributed by atoms with Crippen molar-refractivity contribution in [3.05, 3.63) is 65.4 Å². The van der Waals surface area contributed by atoms with E-state index in [1.807, 2.05) is 0 Å². The summed E-state index contributed by atoms with van der Waals surface area (Å²) in [6.07, 6.45) is 8.29. The molecule has 1 unspecified atom stereocenters. The molecule has 2 heterocycles. The Balaban J connectivity index is 0.984. The van der Waals surface area contributed by atoms with Crippen LogP contribution in [0.15, 0.2) is 48.5 Å². The lowest BCUT2D eigenvalue weighted by molar-refractivity contribution is -0.121. The monoisotopic (exact) mass is 499 g/mol. The van der Waals surface area contributed by atoms with Crippen molar-refractivity contribution in [2.24, 2.45) is 0 Å². The Hall–Kier alpha value is -3.12. The normalized spacial score (nSPS) is 16.3. The van der Waals surface area contributed by atoms with E-state index in [2.05, 4.69) is 76.4 Å². The Labute approximate surface area is 221 Å². The average Bonchev–Trinajstić information content (AvgIpc) is 3.35. The van der Waals surface area contributed by atoms with Crippen LogP contribution in [-0.4, -0.2) is 55.6 Å². The Morgan fingerprint density at radius 1 is 1.03 bits per heavy atom. The predicted molar refractivity (Wildman–Crippen MR) is 154 cm³/mol. The van der Waals surface area contributed by atoms with E-state index in [0.717, 1.165) is 70.3 Å². The third kappa shape index (κ3) is 6.42. The second-order valence-corrected chi connectivity index (χ2v) is 10.6. The van der Waals surface area contributed by atoms with Gasteiger partial charge in [-0.2, -0.15) is 0 Å². The molecule has 5 rings (SSSR count). The van der Waals surface area contributed by atoms with Gasteiger partial charge >= 0.3 is 0 Å². The SMILES string of the molecule is CN(CCCNC(=O)CCC1CNc2ccccc21)CCCNc1c2c(nc3ccccc13)CCCC2. The van der Waals surface area contributed by atoms with Gasteiger partial charge in [0, 0.05) is 54.4 Å². The summed E-state index contributed by atoms with van der Waals surface area (Å²) in [7, 11) is 2.18. The molecule has 2 aliphatic rings. The molecular weight excluding hydrogens is 458 g/mol. The summed E-state index contributed by atoms with van der Waals surface area (Å²) >= 11 is 0. The van der Waals surface area contributed by atoms with Gasteiger partial charge in [0.05, 0.1) is 5.52 Å². The second-order valence-electron chi connectivity index (χ2n) is 10.6. The molecule has 3 N–H and O–H groups in total. The molecule has 3 aromatic rings. The van der Waals surface area contributed by atoms with E-state index in [9.17, 15) is 4.79 Å². The summed E-state index contributed by atoms with van der Waals surface area (Å²) in [5, 5.41) is 11.6. The molecule has 37 heavy (non-hydrogen) atoms. The fourth-order valence-electron chi connectivity index (χ4n) is 5.83. The molecule has 1 aliphatic carbocycles. The highest BCUT2D eigenvalue weighted by Crippen LogP contribution is 2.34. The first-order valence-corrected chi connectivity index (χ1v) is 14.1. The number of hydrogen-bond acceptors (Lipinski definition) is 5. The molecule has 0 saturated heterocycles. The van der Waals surface area contributed by atoms with Gasteiger partial charge in [-0.25, -0.2) is 0 Å². The van der Waals surface area contributed by atoms with Crippen molar-refractivity contribution in [2.75, 3.05) is 50.4 Å².